The number of fused-ring (bicyclic) bond motifs is 1. The first-order valence-corrected chi connectivity index (χ1v) is 5.70. The molecule has 1 aliphatic rings. The molecule has 0 aromatic carbocycles. The quantitative estimate of drug-likeness (QED) is 0.420. The van der Waals surface area contributed by atoms with Crippen LogP contribution in [0, 0.1) is 5.41 Å². The molecule has 2 aromatic heterocycles. The van der Waals surface area contributed by atoms with Crippen molar-refractivity contribution in [1.29, 1.82) is 5.41 Å². The number of aliphatic hydroxyl groups is 3. The summed E-state index contributed by atoms with van der Waals surface area (Å²) >= 11 is 0. The van der Waals surface area contributed by atoms with Crippen LogP contribution in [0.2, 0.25) is 0 Å². The maximum atomic E-state index is 9.96. The van der Waals surface area contributed by atoms with E-state index >= 15 is 0 Å². The number of aliphatic hydroxyl groups excluding tert-OH is 3. The van der Waals surface area contributed by atoms with Gasteiger partial charge in [-0.15, -0.1) is 0 Å². The Morgan fingerprint density at radius 3 is 2.84 bits per heavy atom. The van der Waals surface area contributed by atoms with E-state index in [0.29, 0.717) is 11.2 Å². The van der Waals surface area contributed by atoms with Gasteiger partial charge in [0.2, 0.25) is 0 Å². The van der Waals surface area contributed by atoms with E-state index in [1.165, 1.54) is 17.2 Å². The summed E-state index contributed by atoms with van der Waals surface area (Å²) in [6, 6.07) is 0. The lowest BCUT2D eigenvalue weighted by Crippen LogP contribution is -2.33. The number of hydrogen-bond acceptors (Lipinski definition) is 7. The first-order valence-electron chi connectivity index (χ1n) is 5.70. The third-order valence-corrected chi connectivity index (χ3v) is 3.20. The van der Waals surface area contributed by atoms with Crippen LogP contribution in [0.5, 0.6) is 0 Å². The van der Waals surface area contributed by atoms with Crippen molar-refractivity contribution in [2.75, 3.05) is 6.61 Å². The van der Waals surface area contributed by atoms with Crippen molar-refractivity contribution in [2.24, 2.45) is 0 Å². The van der Waals surface area contributed by atoms with Crippen LogP contribution in [0.4, 0.5) is 0 Å². The van der Waals surface area contributed by atoms with Crippen molar-refractivity contribution >= 4 is 11.2 Å². The largest absolute Gasteiger partial charge is 0.394 e. The fourth-order valence-corrected chi connectivity index (χ4v) is 2.19. The number of nitrogens with zero attached hydrogens (tertiary/aromatic N) is 3. The van der Waals surface area contributed by atoms with Gasteiger partial charge in [-0.3, -0.25) is 9.98 Å². The normalized spacial score (nSPS) is 31.1. The van der Waals surface area contributed by atoms with Crippen LogP contribution in [0.3, 0.4) is 0 Å². The summed E-state index contributed by atoms with van der Waals surface area (Å²) in [6.45, 7) is -0.400. The van der Waals surface area contributed by atoms with Gasteiger partial charge in [0.15, 0.2) is 17.4 Å². The second-order valence-electron chi connectivity index (χ2n) is 4.33. The molecule has 3 heterocycles. The van der Waals surface area contributed by atoms with Gasteiger partial charge in [-0.05, 0) is 0 Å². The molecule has 4 atom stereocenters. The number of imidazole rings is 1. The van der Waals surface area contributed by atoms with E-state index in [1.54, 1.807) is 0 Å². The molecule has 0 amide bonds. The highest BCUT2D eigenvalue weighted by molar-refractivity contribution is 5.68. The van der Waals surface area contributed by atoms with Crippen molar-refractivity contribution in [3.63, 3.8) is 0 Å². The first-order chi connectivity index (χ1) is 9.13. The molecular weight excluding hydrogens is 254 g/mol. The van der Waals surface area contributed by atoms with Gasteiger partial charge >= 0.3 is 0 Å². The Labute approximate surface area is 106 Å². The molecule has 1 aliphatic heterocycles. The Kier molecular flexibility index (Phi) is 2.82. The summed E-state index contributed by atoms with van der Waals surface area (Å²) in [6.07, 6.45) is -1.45. The molecule has 5 N–H and O–H groups in total. The summed E-state index contributed by atoms with van der Waals surface area (Å²) in [4.78, 5) is 10.7. The van der Waals surface area contributed by atoms with Gasteiger partial charge in [0.1, 0.15) is 30.2 Å². The van der Waals surface area contributed by atoms with Crippen LogP contribution in [-0.2, 0) is 4.74 Å². The molecular formula is C10H13N5O4. The molecule has 102 valence electrons. The summed E-state index contributed by atoms with van der Waals surface area (Å²) in [7, 11) is 0. The molecule has 9 heteroatoms. The number of rotatable bonds is 2. The average molecular weight is 267 g/mol. The Morgan fingerprint density at radius 1 is 1.37 bits per heavy atom. The number of aromatic amines is 1. The number of aromatic nitrogens is 4. The summed E-state index contributed by atoms with van der Waals surface area (Å²) in [5.74, 6) is 0. The van der Waals surface area contributed by atoms with Gasteiger partial charge in [0.05, 0.1) is 12.9 Å². The SMILES string of the molecule is N=c1ncn(C2OC(CO)C(O)C2O)c2nc[nH]c12. The Balaban J connectivity index is 2.08. The van der Waals surface area contributed by atoms with Gasteiger partial charge in [-0.25, -0.2) is 9.97 Å². The minimum Gasteiger partial charge on any atom is -0.394 e. The van der Waals surface area contributed by atoms with Gasteiger partial charge in [0.25, 0.3) is 0 Å². The molecule has 3 rings (SSSR count). The van der Waals surface area contributed by atoms with Crippen molar-refractivity contribution in [1.82, 2.24) is 19.5 Å². The van der Waals surface area contributed by atoms with Crippen LogP contribution in [0.1, 0.15) is 6.23 Å². The third-order valence-electron chi connectivity index (χ3n) is 3.20. The topological polar surface area (TPSA) is 140 Å². The van der Waals surface area contributed by atoms with Crippen LogP contribution in [0.15, 0.2) is 12.7 Å². The smallest absolute Gasteiger partial charge is 0.173 e. The molecule has 0 radical (unpaired) electrons. The zero-order valence-corrected chi connectivity index (χ0v) is 9.76. The summed E-state index contributed by atoms with van der Waals surface area (Å²) in [5, 5.41) is 36.4. The standard InChI is InChI=1S/C10H13N5O4/c11-8-5-9(13-2-12-5)15(3-14-8)10-7(18)6(17)4(1-16)19-10/h2-4,6-7,10-11,16-18H,1H2,(H,12,13). The number of nitrogens with one attached hydrogen (secondary N) is 2. The molecule has 2 aromatic rings. The van der Waals surface area contributed by atoms with Crippen LogP contribution in [-0.4, -0.2) is 59.8 Å². The van der Waals surface area contributed by atoms with E-state index < -0.39 is 31.1 Å². The van der Waals surface area contributed by atoms with Gasteiger partial charge < -0.3 is 25.0 Å². The minimum atomic E-state index is -1.21. The molecule has 0 aliphatic carbocycles. The highest BCUT2D eigenvalue weighted by atomic mass is 16.6. The fourth-order valence-electron chi connectivity index (χ4n) is 2.19. The predicted octanol–water partition coefficient (Wildman–Crippen LogP) is -2.15. The van der Waals surface area contributed by atoms with E-state index in [2.05, 4.69) is 15.0 Å². The Morgan fingerprint density at radius 2 is 2.16 bits per heavy atom. The van der Waals surface area contributed by atoms with E-state index in [0.717, 1.165) is 0 Å². The average Bonchev–Trinajstić information content (AvgIpc) is 2.99. The lowest BCUT2D eigenvalue weighted by Gasteiger charge is -2.18. The minimum absolute atomic E-state index is 0.0236. The van der Waals surface area contributed by atoms with E-state index in [1.807, 2.05) is 0 Å². The van der Waals surface area contributed by atoms with Gasteiger partial charge in [-0.2, -0.15) is 0 Å². The maximum absolute atomic E-state index is 9.96. The number of hydrogen-bond donors (Lipinski definition) is 5. The second kappa shape index (κ2) is 4.38. The molecule has 1 fully saturated rings. The van der Waals surface area contributed by atoms with Crippen LogP contribution < -0.4 is 5.49 Å². The van der Waals surface area contributed by atoms with Crippen molar-refractivity contribution < 1.29 is 20.1 Å². The highest BCUT2D eigenvalue weighted by Crippen LogP contribution is 2.30. The monoisotopic (exact) mass is 267 g/mol. The van der Waals surface area contributed by atoms with Crippen molar-refractivity contribution in [3.05, 3.63) is 18.1 Å². The van der Waals surface area contributed by atoms with Gasteiger partial charge in [-0.1, -0.05) is 0 Å². The van der Waals surface area contributed by atoms with Crippen LogP contribution >= 0.6 is 0 Å². The van der Waals surface area contributed by atoms with E-state index in [9.17, 15) is 10.2 Å². The molecule has 1 saturated heterocycles. The molecule has 0 saturated carbocycles. The fraction of sp³-hybridized carbons (Fsp3) is 0.500. The molecule has 9 nitrogen and oxygen atoms in total. The number of ether oxygens (including phenoxy) is 1. The summed E-state index contributed by atoms with van der Waals surface area (Å²) < 4.78 is 6.82. The van der Waals surface area contributed by atoms with E-state index in [4.69, 9.17) is 15.3 Å². The second-order valence-corrected chi connectivity index (χ2v) is 4.33. The van der Waals surface area contributed by atoms with Crippen LogP contribution in [0.25, 0.3) is 11.2 Å². The number of H-pyrrole nitrogens is 1. The lowest BCUT2D eigenvalue weighted by atomic mass is 10.1. The zero-order valence-electron chi connectivity index (χ0n) is 9.76. The van der Waals surface area contributed by atoms with Gasteiger partial charge in [0, 0.05) is 0 Å². The summed E-state index contributed by atoms with van der Waals surface area (Å²) in [5.41, 5.74) is 0.811. The third kappa shape index (κ3) is 1.75. The Hall–Kier alpha value is -1.81. The molecule has 4 unspecified atom stereocenters. The Bertz CT molecular complexity index is 653. The zero-order chi connectivity index (χ0) is 13.6. The molecule has 0 spiro atoms. The van der Waals surface area contributed by atoms with E-state index in [-0.39, 0.29) is 5.49 Å². The van der Waals surface area contributed by atoms with Crippen molar-refractivity contribution in [3.8, 4) is 0 Å². The van der Waals surface area contributed by atoms with Crippen molar-refractivity contribution in [2.45, 2.75) is 24.5 Å². The maximum Gasteiger partial charge on any atom is 0.173 e. The molecule has 0 bridgehead atoms. The highest BCUT2D eigenvalue weighted by Gasteiger charge is 2.43. The first kappa shape index (κ1) is 12.2. The lowest BCUT2D eigenvalue weighted by molar-refractivity contribution is -0.0515. The predicted molar refractivity (Wildman–Crippen MR) is 60.7 cm³/mol. The molecule has 19 heavy (non-hydrogen) atoms.